The summed E-state index contributed by atoms with van der Waals surface area (Å²) in [6.45, 7) is 0. The first kappa shape index (κ1) is 14.1. The number of hydrogen-bond donors (Lipinski definition) is 3. The van der Waals surface area contributed by atoms with E-state index in [1.54, 1.807) is 24.3 Å². The molecule has 3 N–H and O–H groups in total. The third kappa shape index (κ3) is 3.58. The zero-order valence-electron chi connectivity index (χ0n) is 10.8. The van der Waals surface area contributed by atoms with Gasteiger partial charge in [0.2, 0.25) is 0 Å². The highest BCUT2D eigenvalue weighted by atomic mass is 16.3. The molecule has 104 valence electrons. The number of hydrogen-bond acceptors (Lipinski definition) is 5. The summed E-state index contributed by atoms with van der Waals surface area (Å²) < 4.78 is 0. The summed E-state index contributed by atoms with van der Waals surface area (Å²) in [5, 5.41) is 31.1. The normalized spacial score (nSPS) is 10.2. The molecule has 2 aromatic rings. The van der Waals surface area contributed by atoms with Crippen LogP contribution in [0.4, 0.5) is 0 Å². The molecule has 2 rings (SSSR count). The average molecular weight is 281 g/mol. The van der Waals surface area contributed by atoms with Crippen LogP contribution in [0, 0.1) is 11.3 Å². The van der Waals surface area contributed by atoms with Gasteiger partial charge in [0.15, 0.2) is 0 Å². The second-order valence-corrected chi connectivity index (χ2v) is 4.13. The SMILES string of the molecule is N#Cc1ccc(/C=N/NC(=O)c2ccc(O)cc2O)cc1. The standard InChI is InChI=1S/C15H11N3O3/c16-8-10-1-3-11(4-2-10)9-17-18-15(21)13-6-5-12(19)7-14(13)20/h1-7,9,19-20H,(H,18,21)/b17-9+. The van der Waals surface area contributed by atoms with Crippen molar-refractivity contribution < 1.29 is 15.0 Å². The molecule has 0 aromatic heterocycles. The van der Waals surface area contributed by atoms with Gasteiger partial charge in [-0.25, -0.2) is 5.43 Å². The molecule has 0 spiro atoms. The molecule has 6 nitrogen and oxygen atoms in total. The largest absolute Gasteiger partial charge is 0.508 e. The minimum atomic E-state index is -0.600. The van der Waals surface area contributed by atoms with Gasteiger partial charge >= 0.3 is 0 Å². The number of carbonyl (C=O) groups is 1. The summed E-state index contributed by atoms with van der Waals surface area (Å²) in [6.07, 6.45) is 1.41. The Bertz CT molecular complexity index is 731. The second-order valence-electron chi connectivity index (χ2n) is 4.13. The van der Waals surface area contributed by atoms with Gasteiger partial charge in [-0.3, -0.25) is 4.79 Å². The molecule has 0 aliphatic heterocycles. The summed E-state index contributed by atoms with van der Waals surface area (Å²) >= 11 is 0. The number of amides is 1. The van der Waals surface area contributed by atoms with Gasteiger partial charge in [0.25, 0.3) is 5.91 Å². The fourth-order valence-corrected chi connectivity index (χ4v) is 1.58. The number of phenols is 2. The number of hydrazone groups is 1. The van der Waals surface area contributed by atoms with E-state index >= 15 is 0 Å². The lowest BCUT2D eigenvalue weighted by Crippen LogP contribution is -2.17. The van der Waals surface area contributed by atoms with Crippen LogP contribution in [0.3, 0.4) is 0 Å². The third-order valence-electron chi connectivity index (χ3n) is 2.65. The van der Waals surface area contributed by atoms with Gasteiger partial charge < -0.3 is 10.2 Å². The number of rotatable bonds is 3. The van der Waals surface area contributed by atoms with Crippen LogP contribution in [-0.4, -0.2) is 22.3 Å². The summed E-state index contributed by atoms with van der Waals surface area (Å²) in [5.41, 5.74) is 3.51. The molecule has 6 heteroatoms. The highest BCUT2D eigenvalue weighted by Gasteiger charge is 2.10. The summed E-state index contributed by atoms with van der Waals surface area (Å²) in [4.78, 5) is 11.8. The van der Waals surface area contributed by atoms with Crippen molar-refractivity contribution in [2.24, 2.45) is 5.10 Å². The highest BCUT2D eigenvalue weighted by Crippen LogP contribution is 2.22. The van der Waals surface area contributed by atoms with Crippen LogP contribution in [0.5, 0.6) is 11.5 Å². The van der Waals surface area contributed by atoms with Crippen molar-refractivity contribution in [3.05, 3.63) is 59.2 Å². The minimum absolute atomic E-state index is 0.00442. The second kappa shape index (κ2) is 6.21. The van der Waals surface area contributed by atoms with E-state index in [1.165, 1.54) is 18.3 Å². The lowest BCUT2D eigenvalue weighted by molar-refractivity contribution is 0.0952. The molecule has 0 heterocycles. The highest BCUT2D eigenvalue weighted by molar-refractivity contribution is 5.97. The number of nitriles is 1. The first-order chi connectivity index (χ1) is 10.1. The Hall–Kier alpha value is -3.33. The molecule has 1 amide bonds. The fourth-order valence-electron chi connectivity index (χ4n) is 1.58. The quantitative estimate of drug-likeness (QED) is 0.588. The van der Waals surface area contributed by atoms with E-state index in [9.17, 15) is 9.90 Å². The molecule has 0 bridgehead atoms. The van der Waals surface area contributed by atoms with Crippen molar-refractivity contribution in [1.82, 2.24) is 5.43 Å². The fraction of sp³-hybridized carbons (Fsp3) is 0. The lowest BCUT2D eigenvalue weighted by atomic mass is 10.2. The van der Waals surface area contributed by atoms with Crippen LogP contribution < -0.4 is 5.43 Å². The molecular weight excluding hydrogens is 270 g/mol. The zero-order chi connectivity index (χ0) is 15.2. The Morgan fingerprint density at radius 3 is 2.52 bits per heavy atom. The third-order valence-corrected chi connectivity index (χ3v) is 2.65. The Kier molecular flexibility index (Phi) is 4.17. The Morgan fingerprint density at radius 1 is 1.19 bits per heavy atom. The van der Waals surface area contributed by atoms with Crippen LogP contribution in [0.25, 0.3) is 0 Å². The molecule has 0 atom stereocenters. The Labute approximate surface area is 120 Å². The number of carbonyl (C=O) groups excluding carboxylic acids is 1. The van der Waals surface area contributed by atoms with Gasteiger partial charge in [-0.05, 0) is 29.8 Å². The van der Waals surface area contributed by atoms with Crippen molar-refractivity contribution in [1.29, 1.82) is 5.26 Å². The van der Waals surface area contributed by atoms with E-state index < -0.39 is 5.91 Å². The molecule has 0 aliphatic rings. The van der Waals surface area contributed by atoms with Gasteiger partial charge in [-0.15, -0.1) is 0 Å². The van der Waals surface area contributed by atoms with Gasteiger partial charge in [0.1, 0.15) is 11.5 Å². The number of nitrogens with one attached hydrogen (secondary N) is 1. The number of aromatic hydroxyl groups is 2. The van der Waals surface area contributed by atoms with Crippen LogP contribution in [0.2, 0.25) is 0 Å². The van der Waals surface area contributed by atoms with Gasteiger partial charge in [0.05, 0.1) is 23.4 Å². The molecule has 0 radical (unpaired) electrons. The number of phenolic OH excluding ortho intramolecular Hbond substituents is 2. The Balaban J connectivity index is 2.03. The molecule has 0 aliphatic carbocycles. The number of nitrogens with zero attached hydrogens (tertiary/aromatic N) is 2. The molecule has 0 saturated heterocycles. The number of benzene rings is 2. The summed E-state index contributed by atoms with van der Waals surface area (Å²) in [6, 6.07) is 12.3. The monoisotopic (exact) mass is 281 g/mol. The topological polar surface area (TPSA) is 106 Å². The van der Waals surface area contributed by atoms with Crippen LogP contribution in [-0.2, 0) is 0 Å². The van der Waals surface area contributed by atoms with E-state index in [4.69, 9.17) is 10.4 Å². The van der Waals surface area contributed by atoms with Crippen LogP contribution in [0.1, 0.15) is 21.5 Å². The summed E-state index contributed by atoms with van der Waals surface area (Å²) in [7, 11) is 0. The van der Waals surface area contributed by atoms with E-state index in [-0.39, 0.29) is 17.1 Å². The van der Waals surface area contributed by atoms with Gasteiger partial charge in [-0.2, -0.15) is 10.4 Å². The van der Waals surface area contributed by atoms with E-state index in [2.05, 4.69) is 10.5 Å². The average Bonchev–Trinajstić information content (AvgIpc) is 2.47. The van der Waals surface area contributed by atoms with E-state index in [0.29, 0.717) is 11.1 Å². The molecule has 21 heavy (non-hydrogen) atoms. The van der Waals surface area contributed by atoms with Crippen molar-refractivity contribution in [2.75, 3.05) is 0 Å². The molecule has 0 saturated carbocycles. The summed E-state index contributed by atoms with van der Waals surface area (Å²) in [5.74, 6) is -1.07. The predicted octanol–water partition coefficient (Wildman–Crippen LogP) is 1.73. The first-order valence-corrected chi connectivity index (χ1v) is 5.95. The first-order valence-electron chi connectivity index (χ1n) is 5.95. The maximum atomic E-state index is 11.8. The van der Waals surface area contributed by atoms with Gasteiger partial charge in [0, 0.05) is 6.07 Å². The Morgan fingerprint density at radius 2 is 1.90 bits per heavy atom. The maximum Gasteiger partial charge on any atom is 0.275 e. The van der Waals surface area contributed by atoms with Crippen LogP contribution >= 0.6 is 0 Å². The van der Waals surface area contributed by atoms with E-state index in [1.807, 2.05) is 6.07 Å². The van der Waals surface area contributed by atoms with Crippen molar-refractivity contribution >= 4 is 12.1 Å². The zero-order valence-corrected chi connectivity index (χ0v) is 10.8. The molecule has 0 unspecified atom stereocenters. The van der Waals surface area contributed by atoms with Crippen molar-refractivity contribution in [2.45, 2.75) is 0 Å². The predicted molar refractivity (Wildman–Crippen MR) is 76.0 cm³/mol. The van der Waals surface area contributed by atoms with Crippen molar-refractivity contribution in [3.8, 4) is 17.6 Å². The molecule has 2 aromatic carbocycles. The van der Waals surface area contributed by atoms with Gasteiger partial charge in [-0.1, -0.05) is 12.1 Å². The van der Waals surface area contributed by atoms with Crippen molar-refractivity contribution in [3.63, 3.8) is 0 Å². The minimum Gasteiger partial charge on any atom is -0.508 e. The lowest BCUT2D eigenvalue weighted by Gasteiger charge is -2.03. The van der Waals surface area contributed by atoms with E-state index in [0.717, 1.165) is 6.07 Å². The smallest absolute Gasteiger partial charge is 0.275 e. The van der Waals surface area contributed by atoms with Crippen LogP contribution in [0.15, 0.2) is 47.6 Å². The maximum absolute atomic E-state index is 11.8. The molecule has 0 fully saturated rings. The molecular formula is C15H11N3O3.